The van der Waals surface area contributed by atoms with E-state index < -0.39 is 10.0 Å². The van der Waals surface area contributed by atoms with Gasteiger partial charge in [-0.3, -0.25) is 9.52 Å². The second kappa shape index (κ2) is 7.37. The van der Waals surface area contributed by atoms with Crippen LogP contribution in [0.2, 0.25) is 0 Å². The maximum Gasteiger partial charge on any atom is 0.263 e. The van der Waals surface area contributed by atoms with Gasteiger partial charge in [0.1, 0.15) is 15.9 Å². The Bertz CT molecular complexity index is 1040. The fourth-order valence-electron chi connectivity index (χ4n) is 3.12. The lowest BCUT2D eigenvalue weighted by atomic mass is 10.0. The number of amides is 1. The second-order valence-corrected chi connectivity index (χ2v) is 8.41. The van der Waals surface area contributed by atoms with E-state index >= 15 is 0 Å². The molecule has 2 aromatic rings. The van der Waals surface area contributed by atoms with Crippen molar-refractivity contribution in [3.63, 3.8) is 0 Å². The number of nitrogens with zero attached hydrogens (tertiary/aromatic N) is 3. The summed E-state index contributed by atoms with van der Waals surface area (Å²) in [7, 11) is -3.89. The van der Waals surface area contributed by atoms with Gasteiger partial charge in [0.2, 0.25) is 0 Å². The summed E-state index contributed by atoms with van der Waals surface area (Å²) in [5.74, 6) is -0.180. The molecular weight excluding hydrogens is 388 g/mol. The van der Waals surface area contributed by atoms with Crippen molar-refractivity contribution in [2.24, 2.45) is 0 Å². The lowest BCUT2D eigenvalue weighted by molar-refractivity contribution is -0.130. The van der Waals surface area contributed by atoms with Crippen LogP contribution in [0.3, 0.4) is 0 Å². The molecule has 0 bridgehead atoms. The molecule has 1 fully saturated rings. The van der Waals surface area contributed by atoms with E-state index in [1.165, 1.54) is 6.07 Å². The Morgan fingerprint density at radius 3 is 2.85 bits per heavy atom. The molecule has 1 aliphatic carbocycles. The van der Waals surface area contributed by atoms with Gasteiger partial charge in [-0.25, -0.2) is 8.42 Å². The van der Waals surface area contributed by atoms with E-state index in [4.69, 9.17) is 4.74 Å². The van der Waals surface area contributed by atoms with Crippen LogP contribution in [-0.4, -0.2) is 54.3 Å². The zero-order valence-corrected chi connectivity index (χ0v) is 16.1. The number of rotatable bonds is 4. The van der Waals surface area contributed by atoms with Gasteiger partial charge in [0.25, 0.3) is 15.9 Å². The number of hydrogen-bond acceptors (Lipinski definition) is 7. The Kier molecular flexibility index (Phi) is 4.94. The molecule has 4 rings (SSSR count). The number of ether oxygens (including phenoxy) is 1. The lowest BCUT2D eigenvalue weighted by Crippen LogP contribution is -2.42. The van der Waals surface area contributed by atoms with Gasteiger partial charge in [-0.2, -0.15) is 8.75 Å². The highest BCUT2D eigenvalue weighted by Crippen LogP contribution is 2.25. The minimum atomic E-state index is -3.89. The largest absolute Gasteiger partial charge is 0.378 e. The van der Waals surface area contributed by atoms with E-state index in [-0.39, 0.29) is 10.8 Å². The standard InChI is InChI=1S/C17H18N4O4S2/c22-17(21-8-10-25-11-9-21)12-4-1-2-5-13(12)20-27(23,24)15-7-3-6-14-16(15)19-26-18-14/h1,3-4,6-7,20H,2,5,8-11H2. The van der Waals surface area contributed by atoms with Gasteiger partial charge in [0.05, 0.1) is 30.5 Å². The Hall–Kier alpha value is -2.30. The van der Waals surface area contributed by atoms with E-state index in [0.717, 1.165) is 11.7 Å². The predicted octanol–water partition coefficient (Wildman–Crippen LogP) is 1.43. The number of fused-ring (bicyclic) bond motifs is 1. The van der Waals surface area contributed by atoms with Crippen LogP contribution in [0.25, 0.3) is 11.0 Å². The average molecular weight is 406 g/mol. The van der Waals surface area contributed by atoms with Crippen LogP contribution in [-0.2, 0) is 19.6 Å². The molecule has 0 unspecified atom stereocenters. The van der Waals surface area contributed by atoms with E-state index in [1.54, 1.807) is 23.1 Å². The van der Waals surface area contributed by atoms with E-state index in [0.29, 0.717) is 61.4 Å². The number of carbonyl (C=O) groups excluding carboxylic acids is 1. The molecule has 0 atom stereocenters. The highest BCUT2D eigenvalue weighted by molar-refractivity contribution is 7.89. The molecule has 2 aliphatic rings. The van der Waals surface area contributed by atoms with Crippen LogP contribution in [0.4, 0.5) is 0 Å². The third-order valence-electron chi connectivity index (χ3n) is 4.50. The average Bonchev–Trinajstić information content (AvgIpc) is 3.17. The minimum absolute atomic E-state index is 0.0639. The maximum atomic E-state index is 13.0. The van der Waals surface area contributed by atoms with E-state index in [9.17, 15) is 13.2 Å². The third kappa shape index (κ3) is 3.60. The van der Waals surface area contributed by atoms with Crippen LogP contribution in [0.1, 0.15) is 12.8 Å². The van der Waals surface area contributed by atoms with Crippen molar-refractivity contribution in [3.05, 3.63) is 41.6 Å². The summed E-state index contributed by atoms with van der Waals surface area (Å²) in [6.07, 6.45) is 4.70. The summed E-state index contributed by atoms with van der Waals surface area (Å²) < 4.78 is 42.0. The van der Waals surface area contributed by atoms with Crippen molar-refractivity contribution in [1.29, 1.82) is 0 Å². The molecule has 27 heavy (non-hydrogen) atoms. The summed E-state index contributed by atoms with van der Waals surface area (Å²) in [5.41, 5.74) is 1.66. The molecule has 1 N–H and O–H groups in total. The number of allylic oxidation sites excluding steroid dienone is 2. The molecule has 8 nitrogen and oxygen atoms in total. The first kappa shape index (κ1) is 18.1. The van der Waals surface area contributed by atoms with E-state index in [1.807, 2.05) is 6.08 Å². The maximum absolute atomic E-state index is 13.0. The summed E-state index contributed by atoms with van der Waals surface area (Å²) in [5, 5.41) is 0. The van der Waals surface area contributed by atoms with Gasteiger partial charge >= 0.3 is 0 Å². The Labute approximate surface area is 160 Å². The quantitative estimate of drug-likeness (QED) is 0.824. The van der Waals surface area contributed by atoms with Gasteiger partial charge in [0, 0.05) is 18.8 Å². The Balaban J connectivity index is 1.68. The van der Waals surface area contributed by atoms with Crippen molar-refractivity contribution in [3.8, 4) is 0 Å². The van der Waals surface area contributed by atoms with Crippen LogP contribution in [0.15, 0.2) is 46.5 Å². The van der Waals surface area contributed by atoms with Gasteiger partial charge in [-0.1, -0.05) is 18.2 Å². The number of sulfonamides is 1. The fraction of sp³-hybridized carbons (Fsp3) is 0.353. The first-order valence-corrected chi connectivity index (χ1v) is 10.8. The van der Waals surface area contributed by atoms with Gasteiger partial charge < -0.3 is 9.64 Å². The molecule has 1 aromatic heterocycles. The first-order chi connectivity index (χ1) is 13.1. The van der Waals surface area contributed by atoms with Gasteiger partial charge in [-0.15, -0.1) is 0 Å². The molecule has 10 heteroatoms. The number of benzene rings is 1. The molecule has 0 saturated carbocycles. The van der Waals surface area contributed by atoms with Crippen LogP contribution >= 0.6 is 11.7 Å². The van der Waals surface area contributed by atoms with Crippen molar-refractivity contribution < 1.29 is 17.9 Å². The molecule has 0 spiro atoms. The zero-order valence-electron chi connectivity index (χ0n) is 14.4. The van der Waals surface area contributed by atoms with Gasteiger partial charge in [0.15, 0.2) is 0 Å². The summed E-state index contributed by atoms with van der Waals surface area (Å²) in [6, 6.07) is 4.84. The molecular formula is C17H18N4O4S2. The summed E-state index contributed by atoms with van der Waals surface area (Å²) >= 11 is 0.965. The predicted molar refractivity (Wildman–Crippen MR) is 101 cm³/mol. The van der Waals surface area contributed by atoms with Crippen LogP contribution in [0.5, 0.6) is 0 Å². The smallest absolute Gasteiger partial charge is 0.263 e. The highest BCUT2D eigenvalue weighted by Gasteiger charge is 2.27. The summed E-state index contributed by atoms with van der Waals surface area (Å²) in [6.45, 7) is 1.98. The Morgan fingerprint density at radius 2 is 2.04 bits per heavy atom. The van der Waals surface area contributed by atoms with Gasteiger partial charge in [-0.05, 0) is 25.0 Å². The van der Waals surface area contributed by atoms with Crippen molar-refractivity contribution in [2.75, 3.05) is 26.3 Å². The number of morpholine rings is 1. The monoisotopic (exact) mass is 406 g/mol. The lowest BCUT2D eigenvalue weighted by Gasteiger charge is -2.29. The molecule has 1 aromatic carbocycles. The van der Waals surface area contributed by atoms with E-state index in [2.05, 4.69) is 13.5 Å². The number of carbonyl (C=O) groups is 1. The molecule has 1 aliphatic heterocycles. The molecule has 0 radical (unpaired) electrons. The zero-order chi connectivity index (χ0) is 18.9. The first-order valence-electron chi connectivity index (χ1n) is 8.57. The molecule has 1 amide bonds. The number of nitrogens with one attached hydrogen (secondary N) is 1. The van der Waals surface area contributed by atoms with Crippen molar-refractivity contribution in [1.82, 2.24) is 18.4 Å². The molecule has 142 valence electrons. The summed E-state index contributed by atoms with van der Waals surface area (Å²) in [4.78, 5) is 14.6. The van der Waals surface area contributed by atoms with Crippen LogP contribution < -0.4 is 4.72 Å². The normalized spacial score (nSPS) is 18.1. The fourth-order valence-corrected chi connectivity index (χ4v) is 5.04. The van der Waals surface area contributed by atoms with Crippen LogP contribution in [0, 0.1) is 0 Å². The topological polar surface area (TPSA) is 101 Å². The van der Waals surface area contributed by atoms with Crippen molar-refractivity contribution >= 4 is 38.7 Å². The molecule has 2 heterocycles. The SMILES string of the molecule is O=C(C1=C(NS(=O)(=O)c2cccc3nsnc23)CCC=C1)N1CCOCC1. The molecule has 1 saturated heterocycles. The highest BCUT2D eigenvalue weighted by atomic mass is 32.2. The number of aromatic nitrogens is 2. The Morgan fingerprint density at radius 1 is 1.22 bits per heavy atom. The van der Waals surface area contributed by atoms with Crippen molar-refractivity contribution in [2.45, 2.75) is 17.7 Å². The minimum Gasteiger partial charge on any atom is -0.378 e. The number of hydrogen-bond donors (Lipinski definition) is 1. The second-order valence-electron chi connectivity index (χ2n) is 6.23. The third-order valence-corrected chi connectivity index (χ3v) is 6.46.